The lowest BCUT2D eigenvalue weighted by atomic mass is 10.2. The minimum Gasteiger partial charge on any atom is -0.379 e. The van der Waals surface area contributed by atoms with Crippen molar-refractivity contribution in [3.63, 3.8) is 0 Å². The molecule has 0 saturated carbocycles. The first-order chi connectivity index (χ1) is 15.1. The average Bonchev–Trinajstić information content (AvgIpc) is 3.40. The highest BCUT2D eigenvalue weighted by molar-refractivity contribution is 5.93. The maximum absolute atomic E-state index is 12.3. The molecule has 4 rings (SSSR count). The van der Waals surface area contributed by atoms with Gasteiger partial charge in [-0.3, -0.25) is 9.69 Å². The molecule has 1 fully saturated rings. The van der Waals surface area contributed by atoms with Crippen LogP contribution >= 0.6 is 0 Å². The van der Waals surface area contributed by atoms with E-state index < -0.39 is 0 Å². The van der Waals surface area contributed by atoms with Crippen molar-refractivity contribution in [2.75, 3.05) is 38.2 Å². The molecule has 1 amide bonds. The second kappa shape index (κ2) is 10.1. The van der Waals surface area contributed by atoms with Crippen LogP contribution in [0.3, 0.4) is 0 Å². The number of hydrogen-bond donors (Lipinski definition) is 1. The fourth-order valence-corrected chi connectivity index (χ4v) is 3.77. The zero-order valence-corrected chi connectivity index (χ0v) is 18.3. The molecule has 166 valence electrons. The molecule has 0 aliphatic carbocycles. The Morgan fingerprint density at radius 3 is 2.81 bits per heavy atom. The van der Waals surface area contributed by atoms with Gasteiger partial charge in [-0.2, -0.15) is 4.98 Å². The van der Waals surface area contributed by atoms with Crippen molar-refractivity contribution in [2.24, 2.45) is 0 Å². The maximum Gasteiger partial charge on any atom is 0.226 e. The largest absolute Gasteiger partial charge is 0.379 e. The van der Waals surface area contributed by atoms with Gasteiger partial charge in [-0.1, -0.05) is 19.0 Å². The smallest absolute Gasteiger partial charge is 0.226 e. The van der Waals surface area contributed by atoms with Gasteiger partial charge in [0.05, 0.1) is 13.2 Å². The Bertz CT molecular complexity index is 1000. The van der Waals surface area contributed by atoms with Crippen LogP contribution in [0.25, 0.3) is 10.9 Å². The van der Waals surface area contributed by atoms with Crippen LogP contribution in [0.5, 0.6) is 0 Å². The van der Waals surface area contributed by atoms with Gasteiger partial charge in [-0.25, -0.2) is 0 Å². The summed E-state index contributed by atoms with van der Waals surface area (Å²) in [5, 5.41) is 8.09. The van der Waals surface area contributed by atoms with E-state index >= 15 is 0 Å². The molecule has 1 N–H and O–H groups in total. The van der Waals surface area contributed by atoms with Crippen molar-refractivity contribution in [1.29, 1.82) is 0 Å². The quantitative estimate of drug-likeness (QED) is 0.565. The van der Waals surface area contributed by atoms with Gasteiger partial charge in [0, 0.05) is 67.7 Å². The van der Waals surface area contributed by atoms with E-state index in [0.717, 1.165) is 50.5 Å². The first-order valence-corrected chi connectivity index (χ1v) is 11.1. The molecule has 0 unspecified atom stereocenters. The van der Waals surface area contributed by atoms with Crippen LogP contribution in [0.1, 0.15) is 44.3 Å². The molecule has 1 aliphatic rings. The Balaban J connectivity index is 1.26. The van der Waals surface area contributed by atoms with Crippen molar-refractivity contribution in [3.05, 3.63) is 42.2 Å². The number of carbonyl (C=O) groups is 1. The Labute approximate surface area is 182 Å². The summed E-state index contributed by atoms with van der Waals surface area (Å²) in [4.78, 5) is 19.1. The summed E-state index contributed by atoms with van der Waals surface area (Å²) in [6.07, 6.45) is 3.81. The third-order valence-electron chi connectivity index (χ3n) is 5.61. The number of aryl methyl sites for hydroxylation is 1. The SMILES string of the molecule is CC(C)c1noc(CCCC(=O)Nc2ccc3c(ccn3CCN3CCOCC3)c2)n1. The number of nitrogens with zero attached hydrogens (tertiary/aromatic N) is 4. The van der Waals surface area contributed by atoms with E-state index in [9.17, 15) is 4.79 Å². The molecule has 31 heavy (non-hydrogen) atoms. The number of hydrogen-bond acceptors (Lipinski definition) is 6. The van der Waals surface area contributed by atoms with Crippen molar-refractivity contribution >= 4 is 22.5 Å². The minimum absolute atomic E-state index is 0.00491. The van der Waals surface area contributed by atoms with E-state index in [0.29, 0.717) is 31.0 Å². The van der Waals surface area contributed by atoms with Gasteiger partial charge in [0.2, 0.25) is 11.8 Å². The number of aromatic nitrogens is 3. The van der Waals surface area contributed by atoms with E-state index in [4.69, 9.17) is 9.26 Å². The number of morpholine rings is 1. The monoisotopic (exact) mass is 425 g/mol. The number of rotatable bonds is 9. The van der Waals surface area contributed by atoms with Crippen LogP contribution in [-0.4, -0.2) is 58.4 Å². The summed E-state index contributed by atoms with van der Waals surface area (Å²) < 4.78 is 12.9. The molecule has 0 bridgehead atoms. The summed E-state index contributed by atoms with van der Waals surface area (Å²) in [6, 6.07) is 8.19. The molecule has 8 heteroatoms. The standard InChI is InChI=1S/C23H31N5O3/c1-17(2)23-25-22(31-26-23)5-3-4-21(29)24-19-6-7-20-18(16-19)8-9-28(20)11-10-27-12-14-30-15-13-27/h6-9,16-17H,3-5,10-15H2,1-2H3,(H,24,29). The highest BCUT2D eigenvalue weighted by atomic mass is 16.5. The average molecular weight is 426 g/mol. The molecular formula is C23H31N5O3. The lowest BCUT2D eigenvalue weighted by Crippen LogP contribution is -2.38. The first-order valence-electron chi connectivity index (χ1n) is 11.1. The molecular weight excluding hydrogens is 394 g/mol. The first kappa shape index (κ1) is 21.5. The van der Waals surface area contributed by atoms with Crippen LogP contribution in [0, 0.1) is 0 Å². The zero-order valence-electron chi connectivity index (χ0n) is 18.3. The van der Waals surface area contributed by atoms with Gasteiger partial charge in [0.1, 0.15) is 0 Å². The summed E-state index contributed by atoms with van der Waals surface area (Å²) in [5.41, 5.74) is 2.01. The lowest BCUT2D eigenvalue weighted by molar-refractivity contribution is -0.116. The number of ether oxygens (including phenoxy) is 1. The molecule has 1 aliphatic heterocycles. The summed E-state index contributed by atoms with van der Waals surface area (Å²) in [7, 11) is 0. The van der Waals surface area contributed by atoms with Crippen LogP contribution < -0.4 is 5.32 Å². The van der Waals surface area contributed by atoms with Gasteiger partial charge in [0.25, 0.3) is 0 Å². The van der Waals surface area contributed by atoms with E-state index in [1.807, 2.05) is 26.0 Å². The summed E-state index contributed by atoms with van der Waals surface area (Å²) in [6.45, 7) is 9.66. The number of fused-ring (bicyclic) bond motifs is 1. The number of anilines is 1. The van der Waals surface area contributed by atoms with E-state index in [2.05, 4.69) is 43.3 Å². The molecule has 0 radical (unpaired) electrons. The van der Waals surface area contributed by atoms with E-state index in [1.54, 1.807) is 0 Å². The van der Waals surface area contributed by atoms with Gasteiger partial charge in [-0.05, 0) is 30.7 Å². The number of carbonyl (C=O) groups excluding carboxylic acids is 1. The summed E-state index contributed by atoms with van der Waals surface area (Å²) >= 11 is 0. The Morgan fingerprint density at radius 2 is 2.03 bits per heavy atom. The molecule has 8 nitrogen and oxygen atoms in total. The highest BCUT2D eigenvalue weighted by Crippen LogP contribution is 2.21. The fraction of sp³-hybridized carbons (Fsp3) is 0.522. The zero-order chi connectivity index (χ0) is 21.6. The normalized spacial score (nSPS) is 15.1. The maximum atomic E-state index is 12.3. The van der Waals surface area contributed by atoms with Gasteiger partial charge >= 0.3 is 0 Å². The predicted octanol–water partition coefficient (Wildman–Crippen LogP) is 3.44. The molecule has 1 saturated heterocycles. The number of nitrogens with one attached hydrogen (secondary N) is 1. The predicted molar refractivity (Wildman–Crippen MR) is 119 cm³/mol. The molecule has 3 heterocycles. The molecule has 3 aromatic rings. The second-order valence-electron chi connectivity index (χ2n) is 8.34. The summed E-state index contributed by atoms with van der Waals surface area (Å²) in [5.74, 6) is 1.54. The number of amides is 1. The van der Waals surface area contributed by atoms with Gasteiger partial charge in [-0.15, -0.1) is 0 Å². The third-order valence-corrected chi connectivity index (χ3v) is 5.61. The van der Waals surface area contributed by atoms with E-state index in [-0.39, 0.29) is 11.8 Å². The van der Waals surface area contributed by atoms with Gasteiger partial charge in [0.15, 0.2) is 5.82 Å². The topological polar surface area (TPSA) is 85.4 Å². The fourth-order valence-electron chi connectivity index (χ4n) is 3.77. The van der Waals surface area contributed by atoms with E-state index in [1.165, 1.54) is 5.52 Å². The van der Waals surface area contributed by atoms with Crippen LogP contribution in [0.2, 0.25) is 0 Å². The van der Waals surface area contributed by atoms with Crippen LogP contribution in [-0.2, 0) is 22.5 Å². The second-order valence-corrected chi connectivity index (χ2v) is 8.34. The molecule has 0 spiro atoms. The number of benzene rings is 1. The highest BCUT2D eigenvalue weighted by Gasteiger charge is 2.12. The van der Waals surface area contributed by atoms with Crippen LogP contribution in [0.4, 0.5) is 5.69 Å². The minimum atomic E-state index is -0.00491. The lowest BCUT2D eigenvalue weighted by Gasteiger charge is -2.26. The molecule has 0 atom stereocenters. The van der Waals surface area contributed by atoms with Gasteiger partial charge < -0.3 is 19.1 Å². The Hall–Kier alpha value is -2.71. The molecule has 1 aromatic carbocycles. The van der Waals surface area contributed by atoms with Crippen LogP contribution in [0.15, 0.2) is 35.0 Å². The Morgan fingerprint density at radius 1 is 1.19 bits per heavy atom. The van der Waals surface area contributed by atoms with Crippen molar-refractivity contribution in [3.8, 4) is 0 Å². The van der Waals surface area contributed by atoms with Crippen molar-refractivity contribution in [1.82, 2.24) is 19.6 Å². The van der Waals surface area contributed by atoms with Crippen molar-refractivity contribution < 1.29 is 14.1 Å². The van der Waals surface area contributed by atoms with Crippen molar-refractivity contribution in [2.45, 2.75) is 45.6 Å². The molecule has 2 aromatic heterocycles. The Kier molecular flexibility index (Phi) is 6.99. The third kappa shape index (κ3) is 5.71.